The van der Waals surface area contributed by atoms with E-state index in [1.807, 2.05) is 0 Å². The Bertz CT molecular complexity index is 141. The smallest absolute Gasteiger partial charge is 0.309 e. The zero-order valence-electron chi connectivity index (χ0n) is 6.84. The van der Waals surface area contributed by atoms with Crippen molar-refractivity contribution >= 4 is 5.97 Å². The van der Waals surface area contributed by atoms with Crippen LogP contribution in [0, 0.1) is 0 Å². The molecule has 0 bridgehead atoms. The molecular formula is C8H13FO2. The molecule has 3 heteroatoms. The van der Waals surface area contributed by atoms with Crippen LogP contribution >= 0.6 is 0 Å². The largest absolute Gasteiger partial charge is 0.466 e. The van der Waals surface area contributed by atoms with Crippen molar-refractivity contribution in [2.45, 2.75) is 26.4 Å². The van der Waals surface area contributed by atoms with Crippen LogP contribution in [0.15, 0.2) is 12.2 Å². The maximum absolute atomic E-state index is 12.1. The summed E-state index contributed by atoms with van der Waals surface area (Å²) in [6.45, 7) is 3.51. The molecule has 64 valence electrons. The van der Waals surface area contributed by atoms with Crippen LogP contribution in [0.5, 0.6) is 0 Å². The first kappa shape index (κ1) is 10.1. The molecule has 0 spiro atoms. The predicted molar refractivity (Wildman–Crippen MR) is 41.0 cm³/mol. The Morgan fingerprint density at radius 2 is 2.36 bits per heavy atom. The summed E-state index contributed by atoms with van der Waals surface area (Å²) >= 11 is 0. The van der Waals surface area contributed by atoms with Gasteiger partial charge in [-0.2, -0.15) is 0 Å². The van der Waals surface area contributed by atoms with E-state index in [9.17, 15) is 9.18 Å². The van der Waals surface area contributed by atoms with Crippen molar-refractivity contribution < 1.29 is 13.9 Å². The van der Waals surface area contributed by atoms with Crippen LogP contribution in [0.25, 0.3) is 0 Å². The van der Waals surface area contributed by atoms with Crippen molar-refractivity contribution in [3.63, 3.8) is 0 Å². The zero-order valence-corrected chi connectivity index (χ0v) is 6.84. The van der Waals surface area contributed by atoms with Crippen LogP contribution in [0.2, 0.25) is 0 Å². The SMILES string of the molecule is CCOC(=O)C/C=C/[C@H](C)F. The second-order valence-electron chi connectivity index (χ2n) is 2.11. The average molecular weight is 160 g/mol. The van der Waals surface area contributed by atoms with E-state index in [0.717, 1.165) is 0 Å². The first-order valence-electron chi connectivity index (χ1n) is 3.63. The number of alkyl halides is 1. The van der Waals surface area contributed by atoms with Gasteiger partial charge in [-0.15, -0.1) is 0 Å². The molecule has 0 rings (SSSR count). The molecule has 0 N–H and O–H groups in total. The fourth-order valence-corrected chi connectivity index (χ4v) is 0.572. The molecule has 0 heterocycles. The molecule has 0 aromatic carbocycles. The van der Waals surface area contributed by atoms with Gasteiger partial charge in [0.05, 0.1) is 13.0 Å². The average Bonchev–Trinajstić information content (AvgIpc) is 1.87. The van der Waals surface area contributed by atoms with Crippen LogP contribution in [0.3, 0.4) is 0 Å². The predicted octanol–water partition coefficient (Wildman–Crippen LogP) is 1.85. The summed E-state index contributed by atoms with van der Waals surface area (Å²) in [6, 6.07) is 0. The van der Waals surface area contributed by atoms with E-state index in [4.69, 9.17) is 0 Å². The van der Waals surface area contributed by atoms with E-state index in [0.29, 0.717) is 6.61 Å². The molecule has 0 aromatic rings. The molecule has 0 aromatic heterocycles. The third-order valence-corrected chi connectivity index (χ3v) is 0.991. The van der Waals surface area contributed by atoms with Crippen molar-refractivity contribution in [2.75, 3.05) is 6.61 Å². The van der Waals surface area contributed by atoms with Gasteiger partial charge in [-0.05, 0) is 13.8 Å². The number of esters is 1. The Morgan fingerprint density at radius 1 is 1.73 bits per heavy atom. The number of rotatable bonds is 4. The molecule has 2 nitrogen and oxygen atoms in total. The van der Waals surface area contributed by atoms with Gasteiger partial charge in [0.25, 0.3) is 0 Å². The molecule has 11 heavy (non-hydrogen) atoms. The highest BCUT2D eigenvalue weighted by atomic mass is 19.1. The van der Waals surface area contributed by atoms with Gasteiger partial charge in [0.1, 0.15) is 6.17 Å². The third-order valence-electron chi connectivity index (χ3n) is 0.991. The van der Waals surface area contributed by atoms with Crippen molar-refractivity contribution in [1.29, 1.82) is 0 Å². The third kappa shape index (κ3) is 7.03. The number of carbonyl (C=O) groups is 1. The van der Waals surface area contributed by atoms with Crippen molar-refractivity contribution in [3.05, 3.63) is 12.2 Å². The van der Waals surface area contributed by atoms with E-state index >= 15 is 0 Å². The summed E-state index contributed by atoms with van der Waals surface area (Å²) in [4.78, 5) is 10.6. The highest BCUT2D eigenvalue weighted by Crippen LogP contribution is 1.93. The molecule has 0 aliphatic heterocycles. The minimum absolute atomic E-state index is 0.155. The minimum atomic E-state index is -0.996. The standard InChI is InChI=1S/C8H13FO2/c1-3-11-8(10)6-4-5-7(2)9/h4-5,7H,3,6H2,1-2H3/b5-4+/t7-/m0/s1. The summed E-state index contributed by atoms with van der Waals surface area (Å²) in [5.74, 6) is -0.315. The van der Waals surface area contributed by atoms with E-state index in [2.05, 4.69) is 4.74 Å². The van der Waals surface area contributed by atoms with Gasteiger partial charge in [-0.3, -0.25) is 4.79 Å². The van der Waals surface area contributed by atoms with Gasteiger partial charge >= 0.3 is 5.97 Å². The number of allylic oxidation sites excluding steroid dienone is 1. The summed E-state index contributed by atoms with van der Waals surface area (Å²) in [6.07, 6.45) is 1.96. The lowest BCUT2D eigenvalue weighted by molar-refractivity contribution is -0.142. The molecule has 0 aliphatic carbocycles. The maximum atomic E-state index is 12.1. The van der Waals surface area contributed by atoms with E-state index in [1.54, 1.807) is 6.92 Å². The first-order chi connectivity index (χ1) is 5.16. The van der Waals surface area contributed by atoms with E-state index in [1.165, 1.54) is 19.1 Å². The van der Waals surface area contributed by atoms with Gasteiger partial charge < -0.3 is 4.74 Å². The van der Waals surface area contributed by atoms with Crippen molar-refractivity contribution in [3.8, 4) is 0 Å². The normalized spacial score (nSPS) is 13.4. The molecule has 0 aliphatic rings. The highest BCUT2D eigenvalue weighted by Gasteiger charge is 1.96. The molecule has 0 saturated heterocycles. The minimum Gasteiger partial charge on any atom is -0.466 e. The zero-order chi connectivity index (χ0) is 8.69. The molecule has 0 unspecified atom stereocenters. The Labute approximate surface area is 66.0 Å². The van der Waals surface area contributed by atoms with Gasteiger partial charge in [0.15, 0.2) is 0 Å². The first-order valence-corrected chi connectivity index (χ1v) is 3.63. The van der Waals surface area contributed by atoms with Crippen LogP contribution in [0.1, 0.15) is 20.3 Å². The quantitative estimate of drug-likeness (QED) is 0.463. The number of hydrogen-bond acceptors (Lipinski definition) is 2. The fourth-order valence-electron chi connectivity index (χ4n) is 0.572. The highest BCUT2D eigenvalue weighted by molar-refractivity contribution is 5.71. The second-order valence-corrected chi connectivity index (χ2v) is 2.11. The monoisotopic (exact) mass is 160 g/mol. The van der Waals surface area contributed by atoms with Crippen LogP contribution in [-0.2, 0) is 9.53 Å². The van der Waals surface area contributed by atoms with E-state index in [-0.39, 0.29) is 12.4 Å². The number of carbonyl (C=O) groups excluding carboxylic acids is 1. The van der Waals surface area contributed by atoms with Gasteiger partial charge in [0, 0.05) is 0 Å². The van der Waals surface area contributed by atoms with E-state index < -0.39 is 6.17 Å². The van der Waals surface area contributed by atoms with Crippen LogP contribution in [-0.4, -0.2) is 18.7 Å². The Balaban J connectivity index is 3.45. The molecule has 0 saturated carbocycles. The maximum Gasteiger partial charge on any atom is 0.309 e. The van der Waals surface area contributed by atoms with Crippen molar-refractivity contribution in [2.24, 2.45) is 0 Å². The van der Waals surface area contributed by atoms with Crippen molar-refractivity contribution in [1.82, 2.24) is 0 Å². The molecule has 1 atom stereocenters. The van der Waals surface area contributed by atoms with Gasteiger partial charge in [0.2, 0.25) is 0 Å². The summed E-state index contributed by atoms with van der Waals surface area (Å²) < 4.78 is 16.7. The lowest BCUT2D eigenvalue weighted by Crippen LogP contribution is -2.01. The fraction of sp³-hybridized carbons (Fsp3) is 0.625. The van der Waals surface area contributed by atoms with Crippen LogP contribution < -0.4 is 0 Å². The number of hydrogen-bond donors (Lipinski definition) is 0. The number of ether oxygens (including phenoxy) is 1. The second kappa shape index (κ2) is 5.89. The lowest BCUT2D eigenvalue weighted by Gasteiger charge is -1.96. The number of halogens is 1. The summed E-state index contributed by atoms with van der Waals surface area (Å²) in [5, 5.41) is 0. The Morgan fingerprint density at radius 3 is 2.82 bits per heavy atom. The van der Waals surface area contributed by atoms with Gasteiger partial charge in [-0.25, -0.2) is 4.39 Å². The molecule has 0 radical (unpaired) electrons. The molecule has 0 amide bonds. The molecule has 0 fully saturated rings. The summed E-state index contributed by atoms with van der Waals surface area (Å²) in [7, 11) is 0. The van der Waals surface area contributed by atoms with Gasteiger partial charge in [-0.1, -0.05) is 12.2 Å². The topological polar surface area (TPSA) is 26.3 Å². The van der Waals surface area contributed by atoms with Crippen LogP contribution in [0.4, 0.5) is 4.39 Å². The molecular weight excluding hydrogens is 147 g/mol. The Kier molecular flexibility index (Phi) is 5.43. The lowest BCUT2D eigenvalue weighted by atomic mass is 10.3. The Hall–Kier alpha value is -0.860. The summed E-state index contributed by atoms with van der Waals surface area (Å²) in [5.41, 5.74) is 0.